The van der Waals surface area contributed by atoms with Crippen LogP contribution >= 0.6 is 0 Å². The van der Waals surface area contributed by atoms with Gasteiger partial charge in [0.25, 0.3) is 10.0 Å². The Labute approximate surface area is 98.5 Å². The third kappa shape index (κ3) is 1.93. The number of sulfonamides is 1. The molecule has 0 radical (unpaired) electrons. The van der Waals surface area contributed by atoms with E-state index in [1.54, 1.807) is 0 Å². The van der Waals surface area contributed by atoms with Crippen molar-refractivity contribution in [3.8, 4) is 0 Å². The minimum atomic E-state index is -3.80. The molecule has 8 heteroatoms. The van der Waals surface area contributed by atoms with Gasteiger partial charge >= 0.3 is 5.97 Å². The lowest BCUT2D eigenvalue weighted by Gasteiger charge is -2.33. The molecule has 1 aromatic rings. The average Bonchev–Trinajstić information content (AvgIpc) is 2.63. The molecule has 0 aromatic carbocycles. The van der Waals surface area contributed by atoms with E-state index in [9.17, 15) is 13.2 Å². The van der Waals surface area contributed by atoms with Gasteiger partial charge in [-0.3, -0.25) is 5.10 Å². The van der Waals surface area contributed by atoms with Crippen molar-refractivity contribution in [3.05, 3.63) is 11.8 Å². The van der Waals surface area contributed by atoms with Crippen molar-refractivity contribution in [1.82, 2.24) is 14.5 Å². The molecule has 2 rings (SSSR count). The second-order valence-corrected chi connectivity index (χ2v) is 5.96. The number of nitrogens with one attached hydrogen (secondary N) is 1. The van der Waals surface area contributed by atoms with E-state index in [2.05, 4.69) is 10.2 Å². The SMILES string of the molecule is CN(C1CCC1)S(=O)(=O)c1[nH]ncc1C(=O)O. The number of H-pyrrole nitrogens is 1. The zero-order chi connectivity index (χ0) is 12.6. The van der Waals surface area contributed by atoms with E-state index in [4.69, 9.17) is 5.11 Å². The van der Waals surface area contributed by atoms with Gasteiger partial charge in [-0.1, -0.05) is 6.42 Å². The number of aromatic nitrogens is 2. The van der Waals surface area contributed by atoms with Crippen LogP contribution in [0, 0.1) is 0 Å². The Morgan fingerprint density at radius 3 is 2.71 bits per heavy atom. The fourth-order valence-corrected chi connectivity index (χ4v) is 3.19. The van der Waals surface area contributed by atoms with Gasteiger partial charge in [-0.15, -0.1) is 0 Å². The number of rotatable bonds is 4. The second-order valence-electron chi connectivity index (χ2n) is 4.02. The van der Waals surface area contributed by atoms with Crippen molar-refractivity contribution in [3.63, 3.8) is 0 Å². The van der Waals surface area contributed by atoms with Crippen molar-refractivity contribution in [1.29, 1.82) is 0 Å². The molecule has 1 fully saturated rings. The summed E-state index contributed by atoms with van der Waals surface area (Å²) in [5.41, 5.74) is -0.323. The number of aromatic carboxylic acids is 1. The van der Waals surface area contributed by atoms with E-state index in [-0.39, 0.29) is 16.6 Å². The van der Waals surface area contributed by atoms with Gasteiger partial charge in [-0.2, -0.15) is 9.40 Å². The first-order valence-corrected chi connectivity index (χ1v) is 6.63. The van der Waals surface area contributed by atoms with Crippen LogP contribution in [0.4, 0.5) is 0 Å². The Morgan fingerprint density at radius 2 is 2.24 bits per heavy atom. The van der Waals surface area contributed by atoms with Crippen molar-refractivity contribution < 1.29 is 18.3 Å². The Balaban J connectivity index is 2.37. The quantitative estimate of drug-likeness (QED) is 0.808. The van der Waals surface area contributed by atoms with Crippen LogP contribution in [0.1, 0.15) is 29.6 Å². The first-order chi connectivity index (χ1) is 7.94. The molecule has 0 unspecified atom stereocenters. The largest absolute Gasteiger partial charge is 0.478 e. The molecule has 1 aromatic heterocycles. The van der Waals surface area contributed by atoms with Crippen molar-refractivity contribution >= 4 is 16.0 Å². The molecule has 0 spiro atoms. The zero-order valence-corrected chi connectivity index (χ0v) is 10.1. The summed E-state index contributed by atoms with van der Waals surface area (Å²) in [6.07, 6.45) is 3.63. The standard InChI is InChI=1S/C9H13N3O4S/c1-12(6-3-2-4-6)17(15,16)8-7(9(13)14)5-10-11-8/h5-6H,2-4H2,1H3,(H,10,11)(H,13,14). The highest BCUT2D eigenvalue weighted by Gasteiger charge is 2.35. The highest BCUT2D eigenvalue weighted by atomic mass is 32.2. The molecule has 1 aliphatic rings. The van der Waals surface area contributed by atoms with Crippen LogP contribution in [-0.4, -0.2) is 47.1 Å². The summed E-state index contributed by atoms with van der Waals surface area (Å²) in [7, 11) is -2.33. The monoisotopic (exact) mass is 259 g/mol. The lowest BCUT2D eigenvalue weighted by Crippen LogP contribution is -2.41. The number of carboxylic acid groups (broad SMARTS) is 1. The third-order valence-corrected chi connectivity index (χ3v) is 4.94. The fourth-order valence-electron chi connectivity index (χ4n) is 1.71. The number of hydrogen-bond donors (Lipinski definition) is 2. The van der Waals surface area contributed by atoms with Gasteiger partial charge in [-0.25, -0.2) is 13.2 Å². The molecular weight excluding hydrogens is 246 g/mol. The van der Waals surface area contributed by atoms with Gasteiger partial charge in [0, 0.05) is 13.1 Å². The summed E-state index contributed by atoms with van der Waals surface area (Å²) < 4.78 is 25.5. The molecule has 7 nitrogen and oxygen atoms in total. The highest BCUT2D eigenvalue weighted by molar-refractivity contribution is 7.89. The molecule has 1 aliphatic carbocycles. The van der Waals surface area contributed by atoms with Gasteiger partial charge in [0.05, 0.1) is 6.20 Å². The summed E-state index contributed by atoms with van der Waals surface area (Å²) in [4.78, 5) is 10.9. The molecule has 94 valence electrons. The zero-order valence-electron chi connectivity index (χ0n) is 9.25. The van der Waals surface area contributed by atoms with Crippen LogP contribution in [-0.2, 0) is 10.0 Å². The van der Waals surface area contributed by atoms with Gasteiger partial charge in [0.2, 0.25) is 0 Å². The van der Waals surface area contributed by atoms with Crippen LogP contribution in [0.15, 0.2) is 11.2 Å². The number of carbonyl (C=O) groups is 1. The van der Waals surface area contributed by atoms with Gasteiger partial charge in [0.1, 0.15) is 5.56 Å². The van der Waals surface area contributed by atoms with Crippen LogP contribution in [0.25, 0.3) is 0 Å². The van der Waals surface area contributed by atoms with E-state index in [0.29, 0.717) is 0 Å². The predicted molar refractivity (Wildman–Crippen MR) is 58.1 cm³/mol. The highest BCUT2D eigenvalue weighted by Crippen LogP contribution is 2.28. The van der Waals surface area contributed by atoms with Crippen molar-refractivity contribution in [2.75, 3.05) is 7.05 Å². The van der Waals surface area contributed by atoms with Crippen LogP contribution < -0.4 is 0 Å². The molecule has 2 N–H and O–H groups in total. The molecule has 0 amide bonds. The van der Waals surface area contributed by atoms with Gasteiger partial charge in [-0.05, 0) is 12.8 Å². The first kappa shape index (κ1) is 12.1. The summed E-state index contributed by atoms with van der Waals surface area (Å²) >= 11 is 0. The van der Waals surface area contributed by atoms with Gasteiger partial charge in [0.15, 0.2) is 5.03 Å². The molecule has 0 bridgehead atoms. The van der Waals surface area contributed by atoms with Crippen LogP contribution in [0.2, 0.25) is 0 Å². The molecule has 0 aliphatic heterocycles. The van der Waals surface area contributed by atoms with Gasteiger partial charge < -0.3 is 5.11 Å². The molecule has 1 saturated carbocycles. The maximum Gasteiger partial charge on any atom is 0.340 e. The van der Waals surface area contributed by atoms with Crippen molar-refractivity contribution in [2.24, 2.45) is 0 Å². The average molecular weight is 259 g/mol. The number of nitrogens with zero attached hydrogens (tertiary/aromatic N) is 2. The van der Waals surface area contributed by atoms with Crippen LogP contribution in [0.5, 0.6) is 0 Å². The summed E-state index contributed by atoms with van der Waals surface area (Å²) in [6, 6.07) is -0.0371. The van der Waals surface area contributed by atoms with E-state index in [1.807, 2.05) is 0 Å². The van der Waals surface area contributed by atoms with E-state index < -0.39 is 16.0 Å². The van der Waals surface area contributed by atoms with Crippen LogP contribution in [0.3, 0.4) is 0 Å². The Morgan fingerprint density at radius 1 is 1.59 bits per heavy atom. The first-order valence-electron chi connectivity index (χ1n) is 5.19. The lowest BCUT2D eigenvalue weighted by molar-refractivity contribution is 0.0692. The third-order valence-electron chi connectivity index (χ3n) is 3.06. The molecule has 0 saturated heterocycles. The van der Waals surface area contributed by atoms with E-state index in [1.165, 1.54) is 11.4 Å². The fraction of sp³-hybridized carbons (Fsp3) is 0.556. The minimum absolute atomic E-state index is 0.0371. The molecular formula is C9H13N3O4S. The molecule has 0 atom stereocenters. The Kier molecular flexibility index (Phi) is 2.92. The van der Waals surface area contributed by atoms with E-state index >= 15 is 0 Å². The number of hydrogen-bond acceptors (Lipinski definition) is 4. The summed E-state index contributed by atoms with van der Waals surface area (Å²) in [5, 5.41) is 14.3. The lowest BCUT2D eigenvalue weighted by atomic mass is 9.94. The topological polar surface area (TPSA) is 103 Å². The molecule has 17 heavy (non-hydrogen) atoms. The Bertz CT molecular complexity index is 532. The number of aromatic amines is 1. The number of carboxylic acids is 1. The minimum Gasteiger partial charge on any atom is -0.478 e. The van der Waals surface area contributed by atoms with Crippen molar-refractivity contribution in [2.45, 2.75) is 30.3 Å². The molecule has 1 heterocycles. The maximum atomic E-state index is 12.1. The van der Waals surface area contributed by atoms with E-state index in [0.717, 1.165) is 25.5 Å². The Hall–Kier alpha value is -1.41. The summed E-state index contributed by atoms with van der Waals surface area (Å²) in [6.45, 7) is 0. The predicted octanol–water partition coefficient (Wildman–Crippen LogP) is 0.281. The smallest absolute Gasteiger partial charge is 0.340 e. The summed E-state index contributed by atoms with van der Waals surface area (Å²) in [5.74, 6) is -1.31. The second kappa shape index (κ2) is 4.11. The maximum absolute atomic E-state index is 12.1. The normalized spacial score (nSPS) is 17.1.